The van der Waals surface area contributed by atoms with Crippen molar-refractivity contribution in [3.63, 3.8) is 0 Å². The highest BCUT2D eigenvalue weighted by atomic mass is 16.6. The van der Waals surface area contributed by atoms with Gasteiger partial charge in [-0.1, -0.05) is 48.5 Å². The first-order chi connectivity index (χ1) is 19.1. The molecule has 39 heavy (non-hydrogen) atoms. The predicted molar refractivity (Wildman–Crippen MR) is 148 cm³/mol. The molecule has 192 valence electrons. The van der Waals surface area contributed by atoms with Crippen LogP contribution in [-0.4, -0.2) is 26.8 Å². The van der Waals surface area contributed by atoms with Crippen molar-refractivity contribution in [2.75, 3.05) is 0 Å². The van der Waals surface area contributed by atoms with Gasteiger partial charge in [0.05, 0.1) is 16.8 Å². The molecule has 5 rings (SSSR count). The fourth-order valence-corrected chi connectivity index (χ4v) is 3.83. The maximum Gasteiger partial charge on any atom is 0.271 e. The van der Waals surface area contributed by atoms with Crippen LogP contribution in [-0.2, 0) is 6.61 Å². The molecular formula is C30H23N5O4. The molecule has 0 aliphatic heterocycles. The first-order valence-corrected chi connectivity index (χ1v) is 12.1. The minimum absolute atomic E-state index is 0.0931. The van der Waals surface area contributed by atoms with E-state index in [9.17, 15) is 14.9 Å². The summed E-state index contributed by atoms with van der Waals surface area (Å²) in [6.45, 7) is 0.467. The molecule has 0 saturated heterocycles. The van der Waals surface area contributed by atoms with Crippen LogP contribution in [0.2, 0.25) is 0 Å². The smallest absolute Gasteiger partial charge is 0.271 e. The largest absolute Gasteiger partial charge is 0.489 e. The van der Waals surface area contributed by atoms with Crippen molar-refractivity contribution in [2.24, 2.45) is 5.10 Å². The zero-order valence-electron chi connectivity index (χ0n) is 20.7. The zero-order chi connectivity index (χ0) is 27.0. The number of carbonyl (C=O) groups excluding carboxylic acids is 1. The van der Waals surface area contributed by atoms with Crippen molar-refractivity contribution >= 4 is 17.8 Å². The van der Waals surface area contributed by atoms with Gasteiger partial charge in [0.2, 0.25) is 0 Å². The number of rotatable bonds is 9. The molecule has 0 bridgehead atoms. The normalized spacial score (nSPS) is 10.9. The SMILES string of the molecule is O=C(N/N=C/c1cn(-c2ccccc2)nc1-c1ccc(OCc2ccccc2)cc1)c1ccc([N+](=O)[O-])cc1. The highest BCUT2D eigenvalue weighted by Gasteiger charge is 2.13. The molecule has 4 aromatic carbocycles. The average molecular weight is 518 g/mol. The van der Waals surface area contributed by atoms with E-state index in [1.165, 1.54) is 30.5 Å². The monoisotopic (exact) mass is 517 g/mol. The van der Waals surface area contributed by atoms with Gasteiger partial charge in [-0.2, -0.15) is 10.2 Å². The zero-order valence-corrected chi connectivity index (χ0v) is 20.7. The van der Waals surface area contributed by atoms with E-state index in [-0.39, 0.29) is 11.3 Å². The summed E-state index contributed by atoms with van der Waals surface area (Å²) < 4.78 is 7.65. The number of hydrogen-bond acceptors (Lipinski definition) is 6. The second-order valence-electron chi connectivity index (χ2n) is 8.51. The third kappa shape index (κ3) is 6.23. The number of amides is 1. The Hall–Kier alpha value is -5.57. The van der Waals surface area contributed by atoms with E-state index in [1.54, 1.807) is 4.68 Å². The molecule has 0 fully saturated rings. The summed E-state index contributed by atoms with van der Waals surface area (Å²) in [5, 5.41) is 19.7. The summed E-state index contributed by atoms with van der Waals surface area (Å²) in [6.07, 6.45) is 3.34. The Morgan fingerprint density at radius 3 is 2.26 bits per heavy atom. The van der Waals surface area contributed by atoms with Crippen LogP contribution in [0.1, 0.15) is 21.5 Å². The number of hydrazone groups is 1. The van der Waals surface area contributed by atoms with Gasteiger partial charge in [-0.15, -0.1) is 0 Å². The molecule has 0 aliphatic carbocycles. The van der Waals surface area contributed by atoms with Crippen molar-refractivity contribution in [3.05, 3.63) is 142 Å². The summed E-state index contributed by atoms with van der Waals surface area (Å²) in [5.74, 6) is 0.244. The molecule has 1 amide bonds. The number of aromatic nitrogens is 2. The standard InChI is InChI=1S/C30H23N5O4/c36-30(24-11-15-27(16-12-24)35(37)38)32-31-19-25-20-34(26-9-5-2-6-10-26)33-29(25)23-13-17-28(18-14-23)39-21-22-7-3-1-4-8-22/h1-20H,21H2,(H,32,36)/b31-19+. The van der Waals surface area contributed by atoms with Gasteiger partial charge in [0, 0.05) is 35.0 Å². The molecule has 1 N–H and O–H groups in total. The molecule has 5 aromatic rings. The number of nitro groups is 1. The Labute approximate surface area is 224 Å². The second-order valence-corrected chi connectivity index (χ2v) is 8.51. The van der Waals surface area contributed by atoms with Crippen LogP contribution in [0.4, 0.5) is 5.69 Å². The Morgan fingerprint density at radius 2 is 1.59 bits per heavy atom. The summed E-state index contributed by atoms with van der Waals surface area (Å²) in [5.41, 5.74) is 6.78. The Morgan fingerprint density at radius 1 is 0.923 bits per heavy atom. The maximum atomic E-state index is 12.5. The number of benzene rings is 4. The van der Waals surface area contributed by atoms with Gasteiger partial charge < -0.3 is 4.74 Å². The summed E-state index contributed by atoms with van der Waals surface area (Å²) in [4.78, 5) is 22.8. The lowest BCUT2D eigenvalue weighted by molar-refractivity contribution is -0.384. The molecule has 1 aromatic heterocycles. The lowest BCUT2D eigenvalue weighted by Gasteiger charge is -2.07. The Kier molecular flexibility index (Phi) is 7.50. The number of nitro benzene ring substituents is 1. The average Bonchev–Trinajstić information content (AvgIpc) is 3.41. The van der Waals surface area contributed by atoms with E-state index in [2.05, 4.69) is 10.5 Å². The Bertz CT molecular complexity index is 1600. The highest BCUT2D eigenvalue weighted by molar-refractivity contribution is 5.95. The van der Waals surface area contributed by atoms with E-state index >= 15 is 0 Å². The fraction of sp³-hybridized carbons (Fsp3) is 0.0333. The minimum Gasteiger partial charge on any atom is -0.489 e. The van der Waals surface area contributed by atoms with Gasteiger partial charge in [-0.3, -0.25) is 14.9 Å². The lowest BCUT2D eigenvalue weighted by Crippen LogP contribution is -2.17. The summed E-state index contributed by atoms with van der Waals surface area (Å²) in [7, 11) is 0. The molecule has 9 nitrogen and oxygen atoms in total. The van der Waals surface area contributed by atoms with Crippen LogP contribution in [0.3, 0.4) is 0 Å². The number of hydrogen-bond donors (Lipinski definition) is 1. The summed E-state index contributed by atoms with van der Waals surface area (Å²) >= 11 is 0. The number of carbonyl (C=O) groups is 1. The second kappa shape index (κ2) is 11.7. The summed E-state index contributed by atoms with van der Waals surface area (Å²) in [6, 6.07) is 32.5. The molecular weight excluding hydrogens is 494 g/mol. The third-order valence-corrected chi connectivity index (χ3v) is 5.85. The van der Waals surface area contributed by atoms with Crippen LogP contribution in [0.25, 0.3) is 16.9 Å². The van der Waals surface area contributed by atoms with Crippen LogP contribution < -0.4 is 10.2 Å². The predicted octanol–water partition coefficient (Wildman–Crippen LogP) is 5.79. The number of nitrogens with one attached hydrogen (secondary N) is 1. The molecule has 0 spiro atoms. The Balaban J connectivity index is 1.35. The number of ether oxygens (including phenoxy) is 1. The fourth-order valence-electron chi connectivity index (χ4n) is 3.83. The topological polar surface area (TPSA) is 112 Å². The van der Waals surface area contributed by atoms with E-state index < -0.39 is 10.8 Å². The van der Waals surface area contributed by atoms with Crippen molar-refractivity contribution in [1.82, 2.24) is 15.2 Å². The van der Waals surface area contributed by atoms with E-state index in [1.807, 2.05) is 91.1 Å². The lowest BCUT2D eigenvalue weighted by atomic mass is 10.1. The van der Waals surface area contributed by atoms with Gasteiger partial charge in [-0.25, -0.2) is 10.1 Å². The number of non-ortho nitro benzene ring substituents is 1. The van der Waals surface area contributed by atoms with Crippen molar-refractivity contribution in [3.8, 4) is 22.7 Å². The van der Waals surface area contributed by atoms with E-state index in [4.69, 9.17) is 9.84 Å². The number of para-hydroxylation sites is 1. The quantitative estimate of drug-likeness (QED) is 0.151. The van der Waals surface area contributed by atoms with Crippen molar-refractivity contribution in [2.45, 2.75) is 6.61 Å². The highest BCUT2D eigenvalue weighted by Crippen LogP contribution is 2.25. The minimum atomic E-state index is -0.520. The van der Waals surface area contributed by atoms with Crippen LogP contribution >= 0.6 is 0 Å². The number of nitrogens with zero attached hydrogens (tertiary/aromatic N) is 4. The van der Waals surface area contributed by atoms with Crippen LogP contribution in [0, 0.1) is 10.1 Å². The van der Waals surface area contributed by atoms with E-state index in [0.717, 1.165) is 22.6 Å². The molecule has 0 saturated carbocycles. The molecule has 9 heteroatoms. The first-order valence-electron chi connectivity index (χ1n) is 12.1. The molecule has 0 atom stereocenters. The van der Waals surface area contributed by atoms with Gasteiger partial charge in [0.25, 0.3) is 11.6 Å². The molecule has 0 unspecified atom stereocenters. The van der Waals surface area contributed by atoms with E-state index in [0.29, 0.717) is 17.9 Å². The van der Waals surface area contributed by atoms with Crippen LogP contribution in [0.5, 0.6) is 5.75 Å². The molecule has 1 heterocycles. The van der Waals surface area contributed by atoms with Crippen LogP contribution in [0.15, 0.2) is 120 Å². The van der Waals surface area contributed by atoms with Crippen molar-refractivity contribution < 1.29 is 14.5 Å². The molecule has 0 radical (unpaired) electrons. The van der Waals surface area contributed by atoms with Gasteiger partial charge >= 0.3 is 0 Å². The molecule has 0 aliphatic rings. The van der Waals surface area contributed by atoms with Gasteiger partial charge in [-0.05, 0) is 54.1 Å². The third-order valence-electron chi connectivity index (χ3n) is 5.85. The van der Waals surface area contributed by atoms with Gasteiger partial charge in [0.1, 0.15) is 18.1 Å². The first kappa shape index (κ1) is 25.1. The maximum absolute atomic E-state index is 12.5. The van der Waals surface area contributed by atoms with Gasteiger partial charge in [0.15, 0.2) is 0 Å². The van der Waals surface area contributed by atoms with Crippen molar-refractivity contribution in [1.29, 1.82) is 0 Å².